The van der Waals surface area contributed by atoms with Crippen LogP contribution in [0.25, 0.3) is 22.6 Å². The van der Waals surface area contributed by atoms with E-state index in [1.165, 1.54) is 12.1 Å². The zero-order chi connectivity index (χ0) is 21.8. The first kappa shape index (κ1) is 21.0. The van der Waals surface area contributed by atoms with Crippen LogP contribution in [0.15, 0.2) is 54.6 Å². The molecule has 0 radical (unpaired) electrons. The van der Waals surface area contributed by atoms with E-state index in [0.717, 1.165) is 62.6 Å². The Morgan fingerprint density at radius 3 is 2.58 bits per heavy atom. The first-order chi connectivity index (χ1) is 15.0. The van der Waals surface area contributed by atoms with Crippen molar-refractivity contribution in [3.63, 3.8) is 0 Å². The van der Waals surface area contributed by atoms with Crippen LogP contribution in [-0.4, -0.2) is 11.1 Å². The molecule has 1 aliphatic rings. The number of halogens is 1. The molecule has 1 aliphatic carbocycles. The average Bonchev–Trinajstić information content (AvgIpc) is 3.41. The van der Waals surface area contributed by atoms with Gasteiger partial charge in [-0.25, -0.2) is 4.39 Å². The summed E-state index contributed by atoms with van der Waals surface area (Å²) >= 11 is 1.03. The molecule has 5 heteroatoms. The van der Waals surface area contributed by atoms with Crippen LogP contribution in [0.1, 0.15) is 47.3 Å². The number of benzene rings is 2. The van der Waals surface area contributed by atoms with Crippen LogP contribution in [0.3, 0.4) is 0 Å². The number of rotatable bonds is 8. The van der Waals surface area contributed by atoms with E-state index in [-0.39, 0.29) is 17.7 Å². The zero-order valence-electron chi connectivity index (χ0n) is 17.0. The van der Waals surface area contributed by atoms with Crippen LogP contribution in [-0.2, 0) is 16.6 Å². The van der Waals surface area contributed by atoms with Crippen molar-refractivity contribution >= 4 is 29.5 Å². The summed E-state index contributed by atoms with van der Waals surface area (Å²) in [6.45, 7) is 0. The molecule has 0 unspecified atom stereocenters. The van der Waals surface area contributed by atoms with Crippen molar-refractivity contribution in [3.05, 3.63) is 82.0 Å². The maximum atomic E-state index is 14.0. The van der Waals surface area contributed by atoms with E-state index in [0.29, 0.717) is 6.42 Å². The molecule has 0 aliphatic heterocycles. The number of aliphatic carboxylic acids is 1. The third-order valence-corrected chi connectivity index (χ3v) is 7.12. The summed E-state index contributed by atoms with van der Waals surface area (Å²) in [6.07, 6.45) is 7.25. The van der Waals surface area contributed by atoms with Gasteiger partial charge in [0.15, 0.2) is 9.75 Å². The Morgan fingerprint density at radius 1 is 1.13 bits per heavy atom. The molecular formula is C26H23FNO2S+. The van der Waals surface area contributed by atoms with Gasteiger partial charge < -0.3 is 5.11 Å². The SMILES string of the molecule is N#CC1(c2ccc(-c3ccc(F)cc3/C=C/c3ccc(CCCC(=O)O)cc3)[sH+]2)CC1. The fourth-order valence-corrected chi connectivity index (χ4v) is 5.03. The Labute approximate surface area is 185 Å². The van der Waals surface area contributed by atoms with Gasteiger partial charge in [-0.1, -0.05) is 36.4 Å². The van der Waals surface area contributed by atoms with Gasteiger partial charge in [-0.3, -0.25) is 4.79 Å². The summed E-state index contributed by atoms with van der Waals surface area (Å²) in [7, 11) is 0. The average molecular weight is 433 g/mol. The van der Waals surface area contributed by atoms with Gasteiger partial charge in [0.2, 0.25) is 0 Å². The number of carboxylic acid groups (broad SMARTS) is 1. The Balaban J connectivity index is 1.52. The van der Waals surface area contributed by atoms with Gasteiger partial charge in [0.1, 0.15) is 11.2 Å². The molecular weight excluding hydrogens is 409 g/mol. The van der Waals surface area contributed by atoms with Crippen molar-refractivity contribution in [1.82, 2.24) is 0 Å². The van der Waals surface area contributed by atoms with Crippen LogP contribution >= 0.6 is 11.3 Å². The minimum atomic E-state index is -0.774. The molecule has 1 fully saturated rings. The number of aryl methyl sites for hydroxylation is 1. The standard InChI is InChI=1S/C26H22FNO2S/c27-21-10-11-22(23-12-13-24(31-23)26(17-28)14-15-26)20(16-21)9-8-19-6-4-18(5-7-19)2-1-3-25(29)30/h4-13,16H,1-3,14-15H2,(H,29,30)/p+1/b9-8+. The molecule has 156 valence electrons. The van der Waals surface area contributed by atoms with E-state index < -0.39 is 5.97 Å². The summed E-state index contributed by atoms with van der Waals surface area (Å²) in [6, 6.07) is 19.3. The largest absolute Gasteiger partial charge is 0.481 e. The monoisotopic (exact) mass is 432 g/mol. The van der Waals surface area contributed by atoms with Gasteiger partial charge in [-0.15, -0.1) is 0 Å². The number of carbonyl (C=O) groups is 1. The van der Waals surface area contributed by atoms with Gasteiger partial charge in [-0.05, 0) is 71.9 Å². The molecule has 3 nitrogen and oxygen atoms in total. The number of hydrogen-bond acceptors (Lipinski definition) is 2. The second-order valence-corrected chi connectivity index (χ2v) is 9.15. The van der Waals surface area contributed by atoms with Crippen molar-refractivity contribution in [3.8, 4) is 16.5 Å². The van der Waals surface area contributed by atoms with Crippen LogP contribution in [0, 0.1) is 17.1 Å². The van der Waals surface area contributed by atoms with Crippen LogP contribution in [0.2, 0.25) is 0 Å². The highest BCUT2D eigenvalue weighted by Crippen LogP contribution is 2.51. The lowest BCUT2D eigenvalue weighted by molar-refractivity contribution is -0.137. The van der Waals surface area contributed by atoms with Crippen LogP contribution in [0.4, 0.5) is 4.39 Å². The van der Waals surface area contributed by atoms with E-state index in [9.17, 15) is 14.4 Å². The van der Waals surface area contributed by atoms with Gasteiger partial charge in [0.25, 0.3) is 0 Å². The molecule has 3 aromatic rings. The van der Waals surface area contributed by atoms with Crippen LogP contribution < -0.4 is 0 Å². The van der Waals surface area contributed by atoms with Gasteiger partial charge in [0.05, 0.1) is 6.07 Å². The van der Waals surface area contributed by atoms with Crippen molar-refractivity contribution in [2.24, 2.45) is 0 Å². The van der Waals surface area contributed by atoms with Gasteiger partial charge >= 0.3 is 5.97 Å². The Bertz CT molecular complexity index is 1170. The molecule has 0 bridgehead atoms. The molecule has 4 rings (SSSR count). The summed E-state index contributed by atoms with van der Waals surface area (Å²) in [5.41, 5.74) is 3.59. The predicted octanol–water partition coefficient (Wildman–Crippen LogP) is 6.42. The number of hydrogen-bond donors (Lipinski definition) is 1. The molecule has 1 saturated carbocycles. The Hall–Kier alpha value is -3.23. The molecule has 1 N–H and O–H groups in total. The van der Waals surface area contributed by atoms with Crippen molar-refractivity contribution in [1.29, 1.82) is 5.26 Å². The second-order valence-electron chi connectivity index (χ2n) is 7.96. The van der Waals surface area contributed by atoms with E-state index in [2.05, 4.69) is 6.07 Å². The lowest BCUT2D eigenvalue weighted by atomic mass is 10.0. The normalized spacial score (nSPS) is 14.5. The highest BCUT2D eigenvalue weighted by Gasteiger charge is 2.50. The zero-order valence-corrected chi connectivity index (χ0v) is 17.9. The molecule has 2 aromatic carbocycles. The first-order valence-corrected chi connectivity index (χ1v) is 11.2. The highest BCUT2D eigenvalue weighted by atomic mass is 32.1. The lowest BCUT2D eigenvalue weighted by Gasteiger charge is -2.03. The first-order valence-electron chi connectivity index (χ1n) is 10.3. The Morgan fingerprint density at radius 2 is 1.90 bits per heavy atom. The van der Waals surface area contributed by atoms with E-state index >= 15 is 0 Å². The predicted molar refractivity (Wildman–Crippen MR) is 124 cm³/mol. The maximum Gasteiger partial charge on any atom is 0.303 e. The highest BCUT2D eigenvalue weighted by molar-refractivity contribution is 7.15. The number of thiophene rings is 1. The number of nitriles is 1. The van der Waals surface area contributed by atoms with Crippen molar-refractivity contribution < 1.29 is 14.3 Å². The molecule has 31 heavy (non-hydrogen) atoms. The van der Waals surface area contributed by atoms with E-state index in [1.54, 1.807) is 0 Å². The van der Waals surface area contributed by atoms with E-state index in [1.807, 2.05) is 54.6 Å². The third kappa shape index (κ3) is 4.92. The third-order valence-electron chi connectivity index (χ3n) is 5.68. The minimum Gasteiger partial charge on any atom is -0.481 e. The van der Waals surface area contributed by atoms with E-state index in [4.69, 9.17) is 5.11 Å². The Kier molecular flexibility index (Phi) is 6.01. The fraction of sp³-hybridized carbons (Fsp3) is 0.231. The minimum absolute atomic E-state index is 0.172. The van der Waals surface area contributed by atoms with Crippen LogP contribution in [0.5, 0.6) is 0 Å². The number of carboxylic acids is 1. The molecule has 0 atom stereocenters. The second kappa shape index (κ2) is 8.87. The molecule has 0 spiro atoms. The summed E-state index contributed by atoms with van der Waals surface area (Å²) in [5, 5.41) is 18.2. The van der Waals surface area contributed by atoms with Gasteiger partial charge in [0, 0.05) is 24.1 Å². The number of nitrogens with zero attached hydrogens (tertiary/aromatic N) is 1. The topological polar surface area (TPSA) is 61.1 Å². The quantitative estimate of drug-likeness (QED) is 0.330. The molecule has 0 saturated heterocycles. The molecule has 1 heterocycles. The maximum absolute atomic E-state index is 14.0. The fourth-order valence-electron chi connectivity index (χ4n) is 3.66. The van der Waals surface area contributed by atoms with Crippen molar-refractivity contribution in [2.45, 2.75) is 37.5 Å². The smallest absolute Gasteiger partial charge is 0.303 e. The summed E-state index contributed by atoms with van der Waals surface area (Å²) < 4.78 is 14.0. The lowest BCUT2D eigenvalue weighted by Crippen LogP contribution is -1.97. The van der Waals surface area contributed by atoms with Crippen molar-refractivity contribution in [2.75, 3.05) is 0 Å². The molecule has 1 aromatic heterocycles. The summed E-state index contributed by atoms with van der Waals surface area (Å²) in [4.78, 5) is 12.9. The molecule has 0 amide bonds. The summed E-state index contributed by atoms with van der Waals surface area (Å²) in [5.74, 6) is -1.05. The van der Waals surface area contributed by atoms with Gasteiger partial charge in [-0.2, -0.15) is 5.26 Å².